The van der Waals surface area contributed by atoms with Gasteiger partial charge < -0.3 is 9.73 Å². The van der Waals surface area contributed by atoms with Gasteiger partial charge in [0, 0.05) is 6.54 Å². The maximum absolute atomic E-state index is 12.0. The van der Waals surface area contributed by atoms with E-state index in [1.807, 2.05) is 38.1 Å². The number of amides is 1. The number of carbonyl (C=O) groups is 1. The van der Waals surface area contributed by atoms with Crippen molar-refractivity contribution < 1.29 is 9.21 Å². The van der Waals surface area contributed by atoms with Gasteiger partial charge in [-0.25, -0.2) is 4.98 Å². The molecule has 1 unspecified atom stereocenters. The summed E-state index contributed by atoms with van der Waals surface area (Å²) in [7, 11) is 3.91. The van der Waals surface area contributed by atoms with E-state index in [1.165, 1.54) is 11.3 Å². The lowest BCUT2D eigenvalue weighted by atomic mass is 10.2. The summed E-state index contributed by atoms with van der Waals surface area (Å²) in [6.07, 6.45) is 1.64. The predicted octanol–water partition coefficient (Wildman–Crippen LogP) is 2.08. The number of nitrogens with zero attached hydrogens (tertiary/aromatic N) is 2. The van der Waals surface area contributed by atoms with Crippen LogP contribution < -0.4 is 5.32 Å². The first kappa shape index (κ1) is 13.8. The van der Waals surface area contributed by atoms with Gasteiger partial charge in [0.15, 0.2) is 0 Å². The Hall–Kier alpha value is -1.66. The Morgan fingerprint density at radius 3 is 2.89 bits per heavy atom. The van der Waals surface area contributed by atoms with Gasteiger partial charge in [-0.15, -0.1) is 11.3 Å². The van der Waals surface area contributed by atoms with Crippen molar-refractivity contribution in [2.45, 2.75) is 13.0 Å². The van der Waals surface area contributed by atoms with E-state index in [0.717, 1.165) is 11.5 Å². The number of hydrogen-bond donors (Lipinski definition) is 1. The molecule has 2 heterocycles. The zero-order chi connectivity index (χ0) is 13.8. The summed E-state index contributed by atoms with van der Waals surface area (Å²) >= 11 is 1.35. The Morgan fingerprint density at radius 1 is 1.58 bits per heavy atom. The molecule has 1 amide bonds. The molecular formula is C13H17N3O2S. The number of aryl methyl sites for hydroxylation is 1. The van der Waals surface area contributed by atoms with Gasteiger partial charge in [-0.05, 0) is 33.2 Å². The van der Waals surface area contributed by atoms with Gasteiger partial charge in [0.1, 0.15) is 10.6 Å². The number of nitrogens with one attached hydrogen (secondary N) is 1. The molecule has 0 radical (unpaired) electrons. The Kier molecular flexibility index (Phi) is 4.34. The quantitative estimate of drug-likeness (QED) is 0.910. The lowest BCUT2D eigenvalue weighted by Gasteiger charge is -2.22. The van der Waals surface area contributed by atoms with Gasteiger partial charge in [0.2, 0.25) is 0 Å². The number of likely N-dealkylation sites (N-methyl/N-ethyl adjacent to an activating group) is 1. The highest BCUT2D eigenvalue weighted by atomic mass is 32.1. The number of furan rings is 1. The Morgan fingerprint density at radius 2 is 2.37 bits per heavy atom. The third kappa shape index (κ3) is 3.21. The van der Waals surface area contributed by atoms with Crippen LogP contribution in [-0.4, -0.2) is 36.4 Å². The minimum atomic E-state index is -0.0848. The Labute approximate surface area is 116 Å². The summed E-state index contributed by atoms with van der Waals surface area (Å²) in [4.78, 5) is 18.8. The minimum absolute atomic E-state index is 0.0205. The largest absolute Gasteiger partial charge is 0.468 e. The van der Waals surface area contributed by atoms with Crippen LogP contribution in [0.1, 0.15) is 27.2 Å². The van der Waals surface area contributed by atoms with Crippen molar-refractivity contribution >= 4 is 17.2 Å². The molecule has 2 aromatic heterocycles. The van der Waals surface area contributed by atoms with Crippen LogP contribution in [0.15, 0.2) is 28.3 Å². The molecule has 1 atom stereocenters. The standard InChI is InChI=1S/C13H17N3O2S/c1-9-12(19-8-15-9)13(17)14-7-10(16(2)3)11-5-4-6-18-11/h4-6,8,10H,7H2,1-3H3,(H,14,17). The van der Waals surface area contributed by atoms with Crippen molar-refractivity contribution in [3.05, 3.63) is 40.2 Å². The minimum Gasteiger partial charge on any atom is -0.468 e. The summed E-state index contributed by atoms with van der Waals surface area (Å²) in [6, 6.07) is 3.78. The van der Waals surface area contributed by atoms with Gasteiger partial charge in [-0.3, -0.25) is 9.69 Å². The van der Waals surface area contributed by atoms with Crippen molar-refractivity contribution in [3.8, 4) is 0 Å². The number of aromatic nitrogens is 1. The fraction of sp³-hybridized carbons (Fsp3) is 0.385. The van der Waals surface area contributed by atoms with Crippen LogP contribution in [-0.2, 0) is 0 Å². The second kappa shape index (κ2) is 5.99. The van der Waals surface area contributed by atoms with Gasteiger partial charge >= 0.3 is 0 Å². The average Bonchev–Trinajstić information content (AvgIpc) is 3.00. The lowest BCUT2D eigenvalue weighted by molar-refractivity contribution is 0.0942. The van der Waals surface area contributed by atoms with Crippen LogP contribution >= 0.6 is 11.3 Å². The molecule has 0 spiro atoms. The summed E-state index contributed by atoms with van der Waals surface area (Å²) in [6.45, 7) is 2.33. The first-order valence-electron chi connectivity index (χ1n) is 5.97. The Bertz CT molecular complexity index is 534. The van der Waals surface area contributed by atoms with Gasteiger partial charge in [0.25, 0.3) is 5.91 Å². The van der Waals surface area contributed by atoms with E-state index < -0.39 is 0 Å². The van der Waals surface area contributed by atoms with Crippen LogP contribution in [0.5, 0.6) is 0 Å². The van der Waals surface area contributed by atoms with Gasteiger partial charge in [0.05, 0.1) is 23.5 Å². The van der Waals surface area contributed by atoms with Crippen molar-refractivity contribution in [1.82, 2.24) is 15.2 Å². The molecule has 0 saturated heterocycles. The predicted molar refractivity (Wildman–Crippen MR) is 74.3 cm³/mol. The first-order chi connectivity index (χ1) is 9.09. The second-order valence-electron chi connectivity index (χ2n) is 4.47. The molecule has 2 rings (SSSR count). The maximum Gasteiger partial charge on any atom is 0.263 e. The second-order valence-corrected chi connectivity index (χ2v) is 5.33. The molecule has 0 saturated carbocycles. The topological polar surface area (TPSA) is 58.4 Å². The monoisotopic (exact) mass is 279 g/mol. The number of rotatable bonds is 5. The molecule has 6 heteroatoms. The van der Waals surface area contributed by atoms with Crippen LogP contribution in [0, 0.1) is 6.92 Å². The van der Waals surface area contributed by atoms with Crippen molar-refractivity contribution in [2.75, 3.05) is 20.6 Å². The molecular weight excluding hydrogens is 262 g/mol. The fourth-order valence-electron chi connectivity index (χ4n) is 1.81. The highest BCUT2D eigenvalue weighted by Gasteiger charge is 2.19. The molecule has 0 aromatic carbocycles. The van der Waals surface area contributed by atoms with Crippen LogP contribution in [0.4, 0.5) is 0 Å². The summed E-state index contributed by atoms with van der Waals surface area (Å²) in [5.41, 5.74) is 2.45. The average molecular weight is 279 g/mol. The molecule has 2 aromatic rings. The van der Waals surface area contributed by atoms with E-state index in [9.17, 15) is 4.79 Å². The molecule has 1 N–H and O–H groups in total. The number of hydrogen-bond acceptors (Lipinski definition) is 5. The van der Waals surface area contributed by atoms with E-state index in [4.69, 9.17) is 4.42 Å². The number of carbonyl (C=O) groups excluding carboxylic acids is 1. The Balaban J connectivity index is 2.00. The molecule has 0 aliphatic heterocycles. The molecule has 0 aliphatic rings. The van der Waals surface area contributed by atoms with Crippen molar-refractivity contribution in [3.63, 3.8) is 0 Å². The SMILES string of the molecule is Cc1ncsc1C(=O)NCC(c1ccco1)N(C)C. The van der Waals surface area contributed by atoms with E-state index in [1.54, 1.807) is 11.8 Å². The maximum atomic E-state index is 12.0. The lowest BCUT2D eigenvalue weighted by Crippen LogP contribution is -2.34. The zero-order valence-corrected chi connectivity index (χ0v) is 12.0. The summed E-state index contributed by atoms with van der Waals surface area (Å²) < 4.78 is 5.40. The summed E-state index contributed by atoms with van der Waals surface area (Å²) in [5, 5.41) is 2.93. The zero-order valence-electron chi connectivity index (χ0n) is 11.2. The summed E-state index contributed by atoms with van der Waals surface area (Å²) in [5.74, 6) is 0.754. The molecule has 0 bridgehead atoms. The van der Waals surface area contributed by atoms with Crippen molar-refractivity contribution in [1.29, 1.82) is 0 Å². The van der Waals surface area contributed by atoms with E-state index >= 15 is 0 Å². The van der Waals surface area contributed by atoms with Gasteiger partial charge in [-0.1, -0.05) is 0 Å². The first-order valence-corrected chi connectivity index (χ1v) is 6.85. The third-order valence-electron chi connectivity index (χ3n) is 2.90. The normalized spacial score (nSPS) is 12.6. The van der Waals surface area contributed by atoms with Crippen LogP contribution in [0.3, 0.4) is 0 Å². The molecule has 0 aliphatic carbocycles. The van der Waals surface area contributed by atoms with E-state index in [-0.39, 0.29) is 11.9 Å². The molecule has 102 valence electrons. The van der Waals surface area contributed by atoms with Crippen LogP contribution in [0.2, 0.25) is 0 Å². The molecule has 19 heavy (non-hydrogen) atoms. The highest BCUT2D eigenvalue weighted by Crippen LogP contribution is 2.18. The number of thiazole rings is 1. The molecule has 0 fully saturated rings. The van der Waals surface area contributed by atoms with E-state index in [2.05, 4.69) is 10.3 Å². The van der Waals surface area contributed by atoms with Gasteiger partial charge in [-0.2, -0.15) is 0 Å². The third-order valence-corrected chi connectivity index (χ3v) is 3.83. The highest BCUT2D eigenvalue weighted by molar-refractivity contribution is 7.11. The fourth-order valence-corrected chi connectivity index (χ4v) is 2.53. The smallest absolute Gasteiger partial charge is 0.263 e. The van der Waals surface area contributed by atoms with Crippen molar-refractivity contribution in [2.24, 2.45) is 0 Å². The van der Waals surface area contributed by atoms with Crippen LogP contribution in [0.25, 0.3) is 0 Å². The van der Waals surface area contributed by atoms with E-state index in [0.29, 0.717) is 11.4 Å². The molecule has 5 nitrogen and oxygen atoms in total.